The predicted molar refractivity (Wildman–Crippen MR) is 320 cm³/mol. The van der Waals surface area contributed by atoms with E-state index in [1.807, 2.05) is 6.08 Å². The van der Waals surface area contributed by atoms with E-state index >= 15 is 0 Å². The summed E-state index contributed by atoms with van der Waals surface area (Å²) in [5, 5.41) is 54.2. The summed E-state index contributed by atoms with van der Waals surface area (Å²) in [5.41, 5.74) is 0. The van der Waals surface area contributed by atoms with Crippen LogP contribution in [-0.2, 0) is 23.8 Å². The Labute approximate surface area is 473 Å². The monoisotopic (exact) mass is 1090 g/mol. The molecule has 11 nitrogen and oxygen atoms in total. The van der Waals surface area contributed by atoms with Gasteiger partial charge in [0.05, 0.1) is 32.0 Å². The van der Waals surface area contributed by atoms with E-state index < -0.39 is 49.5 Å². The highest BCUT2D eigenvalue weighted by atomic mass is 16.7. The highest BCUT2D eigenvalue weighted by Gasteiger charge is 2.44. The normalized spacial score (nSPS) is 18.8. The molecule has 1 heterocycles. The Morgan fingerprint density at radius 1 is 0.481 bits per heavy atom. The molecule has 6 N–H and O–H groups in total. The van der Waals surface area contributed by atoms with E-state index in [1.54, 1.807) is 6.08 Å². The minimum Gasteiger partial charge on any atom is -0.466 e. The number of carbonyl (C=O) groups excluding carboxylic acids is 2. The summed E-state index contributed by atoms with van der Waals surface area (Å²) in [5.74, 6) is -0.184. The minimum absolute atomic E-state index is 0.00256. The SMILES string of the molecule is CCCCCCCCC/C=C/C(O)C(COC1OC(CO)C(O)C(O)C1O)NC(=O)CCCCCCCCCCCCC/C=C\C/C=C\CCCCCCCCCCCOC(=O)CCCCCCCCCCCCCCC. The van der Waals surface area contributed by atoms with E-state index in [1.165, 1.54) is 218 Å². The smallest absolute Gasteiger partial charge is 0.305 e. The fourth-order valence-electron chi connectivity index (χ4n) is 10.3. The van der Waals surface area contributed by atoms with Gasteiger partial charge < -0.3 is 45.1 Å². The molecule has 0 radical (unpaired) electrons. The maximum Gasteiger partial charge on any atom is 0.305 e. The van der Waals surface area contributed by atoms with Gasteiger partial charge in [-0.1, -0.05) is 269 Å². The van der Waals surface area contributed by atoms with Crippen molar-refractivity contribution in [1.82, 2.24) is 5.32 Å². The number of ether oxygens (including phenoxy) is 3. The minimum atomic E-state index is -1.57. The Kier molecular flexibility index (Phi) is 52.8. The third-order valence-corrected chi connectivity index (χ3v) is 15.5. The number of nitrogens with one attached hydrogen (secondary N) is 1. The van der Waals surface area contributed by atoms with Gasteiger partial charge in [0.1, 0.15) is 24.4 Å². The van der Waals surface area contributed by atoms with Crippen molar-refractivity contribution >= 4 is 11.9 Å². The van der Waals surface area contributed by atoms with Crippen molar-refractivity contribution in [2.24, 2.45) is 0 Å². The molecule has 1 saturated heterocycles. The van der Waals surface area contributed by atoms with Gasteiger partial charge in [-0.05, 0) is 64.2 Å². The lowest BCUT2D eigenvalue weighted by Crippen LogP contribution is -2.60. The molecule has 7 atom stereocenters. The molecular formula is C66H123NO10. The average molecular weight is 1090 g/mol. The lowest BCUT2D eigenvalue weighted by molar-refractivity contribution is -0.302. The molecule has 0 aromatic heterocycles. The van der Waals surface area contributed by atoms with E-state index in [-0.39, 0.29) is 18.5 Å². The van der Waals surface area contributed by atoms with Gasteiger partial charge in [0.15, 0.2) is 6.29 Å². The topological polar surface area (TPSA) is 175 Å². The first-order valence-corrected chi connectivity index (χ1v) is 32.8. The Hall–Kier alpha value is -2.12. The summed E-state index contributed by atoms with van der Waals surface area (Å²) in [6.45, 7) is 4.33. The molecule has 0 aromatic rings. The maximum atomic E-state index is 13.0. The number of hydrogen-bond acceptors (Lipinski definition) is 10. The molecule has 1 aliphatic heterocycles. The standard InChI is InChI=1S/C66H123NO10/c1-3-5-7-9-11-13-14-30-34-38-42-46-50-54-62(71)75-55-51-47-43-39-35-32-29-27-25-23-21-19-17-15-16-18-20-22-24-26-28-31-33-37-41-45-49-53-61(70)67-58(59(69)52-48-44-40-36-12-10-8-6-4-2)57-76-66-65(74)64(73)63(72)60(56-68)77-66/h15-16,19,21,48,52,58-60,63-66,68-69,72-74H,3-14,17-18,20,22-47,49-51,53-57H2,1-2H3,(H,67,70)/b16-15-,21-19-,52-48+. The molecule has 1 fully saturated rings. The van der Waals surface area contributed by atoms with Crippen LogP contribution >= 0.6 is 0 Å². The summed E-state index contributed by atoms with van der Waals surface area (Å²) >= 11 is 0. The van der Waals surface area contributed by atoms with Gasteiger partial charge in [0.25, 0.3) is 0 Å². The molecule has 77 heavy (non-hydrogen) atoms. The number of amides is 1. The summed E-state index contributed by atoms with van der Waals surface area (Å²) in [6.07, 6.45) is 59.9. The van der Waals surface area contributed by atoms with Crippen LogP contribution in [0.1, 0.15) is 309 Å². The molecule has 0 saturated carbocycles. The van der Waals surface area contributed by atoms with Crippen molar-refractivity contribution in [2.45, 2.75) is 352 Å². The first-order chi connectivity index (χ1) is 37.7. The van der Waals surface area contributed by atoms with Gasteiger partial charge in [-0.25, -0.2) is 0 Å². The van der Waals surface area contributed by atoms with E-state index in [0.717, 1.165) is 64.2 Å². The van der Waals surface area contributed by atoms with E-state index in [0.29, 0.717) is 19.4 Å². The second kappa shape index (κ2) is 55.8. The summed E-state index contributed by atoms with van der Waals surface area (Å²) in [4.78, 5) is 25.0. The van der Waals surface area contributed by atoms with Gasteiger partial charge in [0.2, 0.25) is 5.91 Å². The van der Waals surface area contributed by atoms with Crippen LogP contribution < -0.4 is 5.32 Å². The van der Waals surface area contributed by atoms with Gasteiger partial charge in [-0.15, -0.1) is 0 Å². The maximum absolute atomic E-state index is 13.0. The highest BCUT2D eigenvalue weighted by Crippen LogP contribution is 2.23. The Morgan fingerprint density at radius 3 is 1.31 bits per heavy atom. The van der Waals surface area contributed by atoms with Crippen LogP contribution in [0.4, 0.5) is 0 Å². The lowest BCUT2D eigenvalue weighted by Gasteiger charge is -2.40. The summed E-state index contributed by atoms with van der Waals surface area (Å²) in [6, 6.07) is -0.811. The molecular weight excluding hydrogens is 967 g/mol. The number of esters is 1. The molecule has 0 spiro atoms. The first-order valence-electron chi connectivity index (χ1n) is 32.8. The molecule has 0 aliphatic carbocycles. The predicted octanol–water partition coefficient (Wildman–Crippen LogP) is 15.8. The van der Waals surface area contributed by atoms with Gasteiger partial charge in [-0.3, -0.25) is 9.59 Å². The number of rotatable bonds is 57. The number of hydrogen-bond donors (Lipinski definition) is 6. The van der Waals surface area contributed by atoms with Crippen LogP contribution in [0.3, 0.4) is 0 Å². The molecule has 11 heteroatoms. The van der Waals surface area contributed by atoms with E-state index in [9.17, 15) is 35.1 Å². The molecule has 0 aromatic carbocycles. The highest BCUT2D eigenvalue weighted by molar-refractivity contribution is 5.76. The van der Waals surface area contributed by atoms with Crippen molar-refractivity contribution in [2.75, 3.05) is 19.8 Å². The van der Waals surface area contributed by atoms with Crippen molar-refractivity contribution in [3.05, 3.63) is 36.5 Å². The molecule has 452 valence electrons. The zero-order chi connectivity index (χ0) is 55.9. The van der Waals surface area contributed by atoms with Crippen molar-refractivity contribution in [3.8, 4) is 0 Å². The van der Waals surface area contributed by atoms with Crippen LogP contribution in [0.25, 0.3) is 0 Å². The lowest BCUT2D eigenvalue weighted by atomic mass is 9.99. The Bertz CT molecular complexity index is 1370. The third-order valence-electron chi connectivity index (χ3n) is 15.5. The average Bonchev–Trinajstić information content (AvgIpc) is 3.43. The second-order valence-electron chi connectivity index (χ2n) is 22.8. The fourth-order valence-corrected chi connectivity index (χ4v) is 10.3. The van der Waals surface area contributed by atoms with Crippen molar-refractivity contribution < 1.29 is 49.3 Å². The van der Waals surface area contributed by atoms with E-state index in [2.05, 4.69) is 43.5 Å². The number of allylic oxidation sites excluding steroid dienone is 5. The number of aliphatic hydroxyl groups is 5. The molecule has 0 bridgehead atoms. The Morgan fingerprint density at radius 2 is 0.870 bits per heavy atom. The Balaban J connectivity index is 1.97. The molecule has 1 amide bonds. The van der Waals surface area contributed by atoms with Crippen molar-refractivity contribution in [1.29, 1.82) is 0 Å². The quantitative estimate of drug-likeness (QED) is 0.0195. The molecule has 7 unspecified atom stereocenters. The summed E-state index contributed by atoms with van der Waals surface area (Å²) in [7, 11) is 0. The van der Waals surface area contributed by atoms with E-state index in [4.69, 9.17) is 14.2 Å². The largest absolute Gasteiger partial charge is 0.466 e. The number of aliphatic hydroxyl groups excluding tert-OH is 5. The van der Waals surface area contributed by atoms with Gasteiger partial charge in [0, 0.05) is 12.8 Å². The molecule has 1 aliphatic rings. The van der Waals surface area contributed by atoms with Crippen LogP contribution in [0, 0.1) is 0 Å². The summed E-state index contributed by atoms with van der Waals surface area (Å²) < 4.78 is 16.7. The van der Waals surface area contributed by atoms with Crippen LogP contribution in [0.2, 0.25) is 0 Å². The third kappa shape index (κ3) is 45.2. The zero-order valence-corrected chi connectivity index (χ0v) is 49.9. The van der Waals surface area contributed by atoms with Crippen LogP contribution in [0.5, 0.6) is 0 Å². The van der Waals surface area contributed by atoms with Gasteiger partial charge in [-0.2, -0.15) is 0 Å². The van der Waals surface area contributed by atoms with Crippen LogP contribution in [0.15, 0.2) is 36.5 Å². The zero-order valence-electron chi connectivity index (χ0n) is 49.9. The second-order valence-corrected chi connectivity index (χ2v) is 22.8. The van der Waals surface area contributed by atoms with Crippen LogP contribution in [-0.4, -0.2) is 100 Å². The number of carbonyl (C=O) groups is 2. The number of unbranched alkanes of at least 4 members (excludes halogenated alkanes) is 39. The fraction of sp³-hybridized carbons (Fsp3) is 0.879. The molecule has 1 rings (SSSR count). The van der Waals surface area contributed by atoms with Gasteiger partial charge >= 0.3 is 5.97 Å². The first kappa shape index (κ1) is 72.9. The van der Waals surface area contributed by atoms with Crippen molar-refractivity contribution in [3.63, 3.8) is 0 Å².